The molecule has 1 heterocycles. The van der Waals surface area contributed by atoms with E-state index in [-0.39, 0.29) is 0 Å². The topological polar surface area (TPSA) is 36.9 Å². The van der Waals surface area contributed by atoms with Crippen molar-refractivity contribution in [1.82, 2.24) is 10.2 Å². The van der Waals surface area contributed by atoms with E-state index < -0.39 is 0 Å². The van der Waals surface area contributed by atoms with Crippen molar-refractivity contribution in [2.75, 3.05) is 39.4 Å². The zero-order valence-corrected chi connectivity index (χ0v) is 13.3. The lowest BCUT2D eigenvalue weighted by Gasteiger charge is -2.23. The molecule has 0 aromatic carbocycles. The molecule has 0 spiro atoms. The van der Waals surface area contributed by atoms with Gasteiger partial charge in [-0.2, -0.15) is 0 Å². The van der Waals surface area contributed by atoms with E-state index in [2.05, 4.69) is 49.8 Å². The smallest absolute Gasteiger partial charge is 0.194 e. The highest BCUT2D eigenvalue weighted by molar-refractivity contribution is 5.80. The first-order valence-corrected chi connectivity index (χ1v) is 7.55. The standard InChI is InChI=1S/C15H31N3O/c1-6-16-14(17-8-10-19-11-13(2)3)18-9-7-15(4,5)12-18/h13H,6-12H2,1-5H3,(H,16,17). The van der Waals surface area contributed by atoms with Gasteiger partial charge in [-0.05, 0) is 24.7 Å². The molecule has 0 radical (unpaired) electrons. The minimum atomic E-state index is 0.407. The molecule has 1 fully saturated rings. The zero-order chi connectivity index (χ0) is 14.3. The fourth-order valence-corrected chi connectivity index (χ4v) is 2.25. The number of nitrogens with zero attached hydrogens (tertiary/aromatic N) is 2. The summed E-state index contributed by atoms with van der Waals surface area (Å²) in [6, 6.07) is 0. The molecule has 0 aromatic heterocycles. The van der Waals surface area contributed by atoms with Crippen LogP contribution in [0.15, 0.2) is 4.99 Å². The van der Waals surface area contributed by atoms with Crippen LogP contribution in [0.1, 0.15) is 41.0 Å². The van der Waals surface area contributed by atoms with Crippen molar-refractivity contribution < 1.29 is 4.74 Å². The summed E-state index contributed by atoms with van der Waals surface area (Å²) in [6.45, 7) is 16.5. The Balaban J connectivity index is 2.39. The van der Waals surface area contributed by atoms with E-state index >= 15 is 0 Å². The maximum absolute atomic E-state index is 5.57. The van der Waals surface area contributed by atoms with Gasteiger partial charge in [0.2, 0.25) is 0 Å². The van der Waals surface area contributed by atoms with Gasteiger partial charge in [0, 0.05) is 26.2 Å². The van der Waals surface area contributed by atoms with Gasteiger partial charge in [-0.15, -0.1) is 0 Å². The van der Waals surface area contributed by atoms with Crippen LogP contribution in [0, 0.1) is 11.3 Å². The van der Waals surface area contributed by atoms with Gasteiger partial charge in [0.1, 0.15) is 0 Å². The fourth-order valence-electron chi connectivity index (χ4n) is 2.25. The number of guanidine groups is 1. The molecule has 1 aliphatic heterocycles. The summed E-state index contributed by atoms with van der Waals surface area (Å²) >= 11 is 0. The Labute approximate surface area is 118 Å². The van der Waals surface area contributed by atoms with Gasteiger partial charge in [0.15, 0.2) is 5.96 Å². The summed E-state index contributed by atoms with van der Waals surface area (Å²) in [5, 5.41) is 3.38. The molecule has 4 nitrogen and oxygen atoms in total. The monoisotopic (exact) mass is 269 g/mol. The van der Waals surface area contributed by atoms with Crippen LogP contribution in [0.4, 0.5) is 0 Å². The SMILES string of the molecule is CCNC(=NCCOCC(C)C)N1CCC(C)(C)C1. The van der Waals surface area contributed by atoms with Crippen molar-refractivity contribution >= 4 is 5.96 Å². The van der Waals surface area contributed by atoms with Gasteiger partial charge in [0.25, 0.3) is 0 Å². The highest BCUT2D eigenvalue weighted by Gasteiger charge is 2.30. The highest BCUT2D eigenvalue weighted by atomic mass is 16.5. The average molecular weight is 269 g/mol. The Morgan fingerprint density at radius 3 is 2.68 bits per heavy atom. The van der Waals surface area contributed by atoms with E-state index in [1.165, 1.54) is 6.42 Å². The second kappa shape index (κ2) is 7.73. The van der Waals surface area contributed by atoms with Crippen molar-refractivity contribution in [3.63, 3.8) is 0 Å². The van der Waals surface area contributed by atoms with Gasteiger partial charge in [0.05, 0.1) is 13.2 Å². The quantitative estimate of drug-likeness (QED) is 0.457. The number of ether oxygens (including phenoxy) is 1. The van der Waals surface area contributed by atoms with Crippen molar-refractivity contribution in [1.29, 1.82) is 0 Å². The lowest BCUT2D eigenvalue weighted by atomic mass is 9.93. The fraction of sp³-hybridized carbons (Fsp3) is 0.933. The number of nitrogens with one attached hydrogen (secondary N) is 1. The van der Waals surface area contributed by atoms with E-state index in [0.717, 1.165) is 38.7 Å². The molecule has 112 valence electrons. The van der Waals surface area contributed by atoms with Gasteiger partial charge in [-0.25, -0.2) is 0 Å². The molecule has 0 unspecified atom stereocenters. The van der Waals surface area contributed by atoms with Crippen molar-refractivity contribution in [3.05, 3.63) is 0 Å². The molecule has 0 saturated carbocycles. The number of hydrogen-bond acceptors (Lipinski definition) is 2. The number of likely N-dealkylation sites (tertiary alicyclic amines) is 1. The summed E-state index contributed by atoms with van der Waals surface area (Å²) in [4.78, 5) is 7.03. The minimum absolute atomic E-state index is 0.407. The van der Waals surface area contributed by atoms with E-state index in [1.54, 1.807) is 0 Å². The van der Waals surface area contributed by atoms with Crippen LogP contribution in [-0.4, -0.2) is 50.3 Å². The number of hydrogen-bond donors (Lipinski definition) is 1. The van der Waals surface area contributed by atoms with Gasteiger partial charge in [-0.1, -0.05) is 27.7 Å². The molecule has 1 N–H and O–H groups in total. The Morgan fingerprint density at radius 2 is 2.16 bits per heavy atom. The number of aliphatic imine (C=N–C) groups is 1. The molecule has 1 aliphatic rings. The molecule has 0 amide bonds. The molecular weight excluding hydrogens is 238 g/mol. The van der Waals surface area contributed by atoms with Crippen LogP contribution in [0.2, 0.25) is 0 Å². The van der Waals surface area contributed by atoms with E-state index in [1.807, 2.05) is 0 Å². The van der Waals surface area contributed by atoms with Crippen molar-refractivity contribution in [3.8, 4) is 0 Å². The van der Waals surface area contributed by atoms with Crippen LogP contribution in [0.5, 0.6) is 0 Å². The first-order chi connectivity index (χ1) is 8.94. The maximum atomic E-state index is 5.57. The summed E-state index contributed by atoms with van der Waals surface area (Å²) in [7, 11) is 0. The molecular formula is C15H31N3O. The zero-order valence-electron chi connectivity index (χ0n) is 13.3. The predicted molar refractivity (Wildman–Crippen MR) is 81.6 cm³/mol. The maximum Gasteiger partial charge on any atom is 0.194 e. The Kier molecular flexibility index (Phi) is 6.63. The highest BCUT2D eigenvalue weighted by Crippen LogP contribution is 2.28. The van der Waals surface area contributed by atoms with E-state index in [0.29, 0.717) is 17.9 Å². The first kappa shape index (κ1) is 16.3. The largest absolute Gasteiger partial charge is 0.379 e. The molecule has 1 rings (SSSR count). The normalized spacial score (nSPS) is 19.3. The molecule has 4 heteroatoms. The third-order valence-corrected chi connectivity index (χ3v) is 3.26. The first-order valence-electron chi connectivity index (χ1n) is 7.55. The number of rotatable bonds is 6. The average Bonchev–Trinajstić information content (AvgIpc) is 2.67. The summed E-state index contributed by atoms with van der Waals surface area (Å²) in [5.41, 5.74) is 0.407. The van der Waals surface area contributed by atoms with E-state index in [9.17, 15) is 0 Å². The second-order valence-corrected chi connectivity index (χ2v) is 6.54. The van der Waals surface area contributed by atoms with Crippen LogP contribution >= 0.6 is 0 Å². The summed E-state index contributed by atoms with van der Waals surface area (Å²) in [5.74, 6) is 1.64. The minimum Gasteiger partial charge on any atom is -0.379 e. The summed E-state index contributed by atoms with van der Waals surface area (Å²) in [6.07, 6.45) is 1.24. The molecule has 0 aromatic rings. The van der Waals surface area contributed by atoms with Gasteiger partial charge < -0.3 is 15.0 Å². The lowest BCUT2D eigenvalue weighted by molar-refractivity contribution is 0.116. The summed E-state index contributed by atoms with van der Waals surface area (Å²) < 4.78 is 5.57. The molecule has 19 heavy (non-hydrogen) atoms. The predicted octanol–water partition coefficient (Wildman–Crippen LogP) is 2.36. The molecule has 0 bridgehead atoms. The van der Waals surface area contributed by atoms with Gasteiger partial charge in [-0.3, -0.25) is 4.99 Å². The van der Waals surface area contributed by atoms with E-state index in [4.69, 9.17) is 4.74 Å². The Morgan fingerprint density at radius 1 is 1.42 bits per heavy atom. The van der Waals surface area contributed by atoms with Crippen LogP contribution in [-0.2, 0) is 4.74 Å². The van der Waals surface area contributed by atoms with Crippen LogP contribution in [0.3, 0.4) is 0 Å². The van der Waals surface area contributed by atoms with Crippen molar-refractivity contribution in [2.45, 2.75) is 41.0 Å². The molecule has 0 aliphatic carbocycles. The Bertz CT molecular complexity index is 287. The third-order valence-electron chi connectivity index (χ3n) is 3.26. The second-order valence-electron chi connectivity index (χ2n) is 6.54. The Hall–Kier alpha value is -0.770. The van der Waals surface area contributed by atoms with Crippen molar-refractivity contribution in [2.24, 2.45) is 16.3 Å². The lowest BCUT2D eigenvalue weighted by Crippen LogP contribution is -2.41. The molecule has 0 atom stereocenters. The van der Waals surface area contributed by atoms with Crippen LogP contribution < -0.4 is 5.32 Å². The van der Waals surface area contributed by atoms with Gasteiger partial charge >= 0.3 is 0 Å². The molecule has 1 saturated heterocycles. The van der Waals surface area contributed by atoms with Crippen LogP contribution in [0.25, 0.3) is 0 Å². The third kappa shape index (κ3) is 6.28.